The third-order valence-corrected chi connectivity index (χ3v) is 7.26. The molecule has 11 heteroatoms. The molecule has 0 saturated carbocycles. The van der Waals surface area contributed by atoms with Gasteiger partial charge in [-0.25, -0.2) is 8.42 Å². The average Bonchev–Trinajstić information content (AvgIpc) is 2.77. The molecule has 2 rings (SSSR count). The first kappa shape index (κ1) is 29.2. The number of benzene rings is 2. The second kappa shape index (κ2) is 12.8. The van der Waals surface area contributed by atoms with Crippen LogP contribution in [0.5, 0.6) is 0 Å². The quantitative estimate of drug-likeness (QED) is 0.418. The van der Waals surface area contributed by atoms with Crippen LogP contribution in [-0.4, -0.2) is 50.5 Å². The zero-order valence-electron chi connectivity index (χ0n) is 20.1. The molecule has 7 nitrogen and oxygen atoms in total. The fourth-order valence-electron chi connectivity index (χ4n) is 3.42. The van der Waals surface area contributed by atoms with E-state index in [0.717, 1.165) is 10.6 Å². The van der Waals surface area contributed by atoms with E-state index < -0.39 is 28.5 Å². The largest absolute Gasteiger partial charge is 0.354 e. The molecule has 0 spiro atoms. The van der Waals surface area contributed by atoms with Crippen LogP contribution in [0.2, 0.25) is 15.1 Å². The smallest absolute Gasteiger partial charge is 0.244 e. The maximum Gasteiger partial charge on any atom is 0.244 e. The topological polar surface area (TPSA) is 86.8 Å². The summed E-state index contributed by atoms with van der Waals surface area (Å²) >= 11 is 18.6. The molecule has 0 aromatic heterocycles. The molecule has 0 aliphatic heterocycles. The molecule has 0 aliphatic carbocycles. The van der Waals surface area contributed by atoms with E-state index in [-0.39, 0.29) is 29.1 Å². The van der Waals surface area contributed by atoms with Crippen LogP contribution in [0, 0.1) is 5.92 Å². The molecular formula is C24H30Cl3N3O4S. The summed E-state index contributed by atoms with van der Waals surface area (Å²) in [6.07, 6.45) is 1.31. The van der Waals surface area contributed by atoms with Gasteiger partial charge in [-0.05, 0) is 42.2 Å². The Balaban J connectivity index is 2.47. The Kier molecular flexibility index (Phi) is 10.7. The van der Waals surface area contributed by atoms with E-state index in [1.165, 1.54) is 11.0 Å². The lowest BCUT2D eigenvalue weighted by Gasteiger charge is -2.33. The van der Waals surface area contributed by atoms with Gasteiger partial charge in [-0.3, -0.25) is 13.9 Å². The first-order valence-corrected chi connectivity index (χ1v) is 14.1. The summed E-state index contributed by atoms with van der Waals surface area (Å²) < 4.78 is 26.2. The summed E-state index contributed by atoms with van der Waals surface area (Å²) in [5.41, 5.74) is 0.745. The van der Waals surface area contributed by atoms with E-state index in [0.29, 0.717) is 28.6 Å². The van der Waals surface area contributed by atoms with Crippen LogP contribution in [0.4, 0.5) is 5.69 Å². The average molecular weight is 563 g/mol. The highest BCUT2D eigenvalue weighted by Gasteiger charge is 2.32. The van der Waals surface area contributed by atoms with Crippen LogP contribution in [0.3, 0.4) is 0 Å². The van der Waals surface area contributed by atoms with Gasteiger partial charge >= 0.3 is 0 Å². The zero-order chi connectivity index (χ0) is 26.3. The Labute approximate surface area is 222 Å². The van der Waals surface area contributed by atoms with Gasteiger partial charge in [0.05, 0.1) is 17.0 Å². The van der Waals surface area contributed by atoms with Crippen molar-refractivity contribution in [1.82, 2.24) is 10.2 Å². The third-order valence-electron chi connectivity index (χ3n) is 5.23. The predicted molar refractivity (Wildman–Crippen MR) is 143 cm³/mol. The number of nitrogens with zero attached hydrogens (tertiary/aromatic N) is 2. The first-order chi connectivity index (χ1) is 16.3. The molecule has 0 heterocycles. The summed E-state index contributed by atoms with van der Waals surface area (Å²) in [5, 5.41) is 3.81. The minimum absolute atomic E-state index is 0.0113. The molecule has 192 valence electrons. The van der Waals surface area contributed by atoms with Crippen LogP contribution >= 0.6 is 34.8 Å². The van der Waals surface area contributed by atoms with Gasteiger partial charge in [0.25, 0.3) is 0 Å². The summed E-state index contributed by atoms with van der Waals surface area (Å²) in [6.45, 7) is 5.60. The molecule has 0 aliphatic rings. The summed E-state index contributed by atoms with van der Waals surface area (Å²) in [4.78, 5) is 28.0. The van der Waals surface area contributed by atoms with Crippen molar-refractivity contribution in [2.75, 3.05) is 23.7 Å². The molecular weight excluding hydrogens is 533 g/mol. The SMILES string of the molecule is CC[C@H](C(=O)NCC(C)C)N(Cc1ccc(Cl)cc1Cl)C(=O)CN(c1ccccc1Cl)S(C)(=O)=O. The summed E-state index contributed by atoms with van der Waals surface area (Å²) in [7, 11) is -3.87. The number of halogens is 3. The van der Waals surface area contributed by atoms with Crippen LogP contribution in [0.25, 0.3) is 0 Å². The number of rotatable bonds is 11. The Morgan fingerprint density at radius 1 is 1.03 bits per heavy atom. The number of carbonyl (C=O) groups excluding carboxylic acids is 2. The first-order valence-electron chi connectivity index (χ1n) is 11.1. The Morgan fingerprint density at radius 3 is 2.23 bits per heavy atom. The minimum atomic E-state index is -3.87. The van der Waals surface area contributed by atoms with Crippen molar-refractivity contribution in [1.29, 1.82) is 0 Å². The second-order valence-electron chi connectivity index (χ2n) is 8.54. The molecule has 1 N–H and O–H groups in total. The maximum atomic E-state index is 13.6. The normalized spacial score (nSPS) is 12.3. The number of sulfonamides is 1. The number of hydrogen-bond donors (Lipinski definition) is 1. The fourth-order valence-corrected chi connectivity index (χ4v) is 5.04. The van der Waals surface area contributed by atoms with Gasteiger partial charge in [-0.15, -0.1) is 0 Å². The van der Waals surface area contributed by atoms with Crippen molar-refractivity contribution < 1.29 is 18.0 Å². The lowest BCUT2D eigenvalue weighted by Crippen LogP contribution is -2.52. The maximum absolute atomic E-state index is 13.6. The summed E-state index contributed by atoms with van der Waals surface area (Å²) in [5.74, 6) is -0.691. The lowest BCUT2D eigenvalue weighted by atomic mass is 10.1. The van der Waals surface area contributed by atoms with E-state index in [4.69, 9.17) is 34.8 Å². The number of carbonyl (C=O) groups is 2. The van der Waals surface area contributed by atoms with Crippen molar-refractivity contribution in [3.63, 3.8) is 0 Å². The number of anilines is 1. The molecule has 1 atom stereocenters. The highest BCUT2D eigenvalue weighted by Crippen LogP contribution is 2.28. The van der Waals surface area contributed by atoms with E-state index in [1.54, 1.807) is 43.3 Å². The van der Waals surface area contributed by atoms with Crippen LogP contribution in [0.15, 0.2) is 42.5 Å². The van der Waals surface area contributed by atoms with Gasteiger partial charge in [0.1, 0.15) is 12.6 Å². The van der Waals surface area contributed by atoms with Gasteiger partial charge in [-0.2, -0.15) is 0 Å². The van der Waals surface area contributed by atoms with Gasteiger partial charge in [0.2, 0.25) is 21.8 Å². The molecule has 0 saturated heterocycles. The number of nitrogens with one attached hydrogen (secondary N) is 1. The Bertz CT molecular complexity index is 1160. The van der Waals surface area contributed by atoms with Gasteiger partial charge in [0, 0.05) is 23.1 Å². The molecule has 0 fully saturated rings. The van der Waals surface area contributed by atoms with E-state index in [1.807, 2.05) is 13.8 Å². The molecule has 0 bridgehead atoms. The van der Waals surface area contributed by atoms with Gasteiger partial charge < -0.3 is 10.2 Å². The predicted octanol–water partition coefficient (Wildman–Crippen LogP) is 4.99. The van der Waals surface area contributed by atoms with Crippen molar-refractivity contribution in [3.8, 4) is 0 Å². The second-order valence-corrected chi connectivity index (χ2v) is 11.7. The van der Waals surface area contributed by atoms with E-state index >= 15 is 0 Å². The fraction of sp³-hybridized carbons (Fsp3) is 0.417. The molecule has 0 unspecified atom stereocenters. The van der Waals surface area contributed by atoms with E-state index in [9.17, 15) is 18.0 Å². The number of amides is 2. The third kappa shape index (κ3) is 8.27. The standard InChI is InChI=1S/C24H30Cl3N3O4S/c1-5-21(24(32)28-13-16(2)3)29(14-17-10-11-18(25)12-20(17)27)23(31)15-30(35(4,33)34)22-9-7-6-8-19(22)26/h6-12,16,21H,5,13-15H2,1-4H3,(H,28,32)/t21-/m1/s1. The minimum Gasteiger partial charge on any atom is -0.354 e. The Hall–Kier alpha value is -2.00. The monoisotopic (exact) mass is 561 g/mol. The molecule has 2 amide bonds. The van der Waals surface area contributed by atoms with Gasteiger partial charge in [-0.1, -0.05) is 73.8 Å². The Morgan fingerprint density at radius 2 is 1.69 bits per heavy atom. The zero-order valence-corrected chi connectivity index (χ0v) is 23.2. The number of para-hydroxylation sites is 1. The van der Waals surface area contributed by atoms with Crippen molar-refractivity contribution >= 4 is 62.3 Å². The highest BCUT2D eigenvalue weighted by molar-refractivity contribution is 7.92. The molecule has 2 aromatic carbocycles. The van der Waals surface area contributed by atoms with Crippen LogP contribution < -0.4 is 9.62 Å². The highest BCUT2D eigenvalue weighted by atomic mass is 35.5. The molecule has 35 heavy (non-hydrogen) atoms. The number of hydrogen-bond acceptors (Lipinski definition) is 4. The molecule has 0 radical (unpaired) electrons. The van der Waals surface area contributed by atoms with Crippen molar-refractivity contribution in [2.45, 2.75) is 39.8 Å². The van der Waals surface area contributed by atoms with Crippen LogP contribution in [0.1, 0.15) is 32.8 Å². The summed E-state index contributed by atoms with van der Waals surface area (Å²) in [6, 6.07) is 10.4. The lowest BCUT2D eigenvalue weighted by molar-refractivity contribution is -0.140. The van der Waals surface area contributed by atoms with Crippen LogP contribution in [-0.2, 0) is 26.2 Å². The molecule has 2 aromatic rings. The van der Waals surface area contributed by atoms with Gasteiger partial charge in [0.15, 0.2) is 0 Å². The van der Waals surface area contributed by atoms with Crippen molar-refractivity contribution in [2.24, 2.45) is 5.92 Å². The van der Waals surface area contributed by atoms with Crippen molar-refractivity contribution in [3.05, 3.63) is 63.1 Å². The van der Waals surface area contributed by atoms with E-state index in [2.05, 4.69) is 5.32 Å².